The molecule has 6 nitrogen and oxygen atoms in total. The van der Waals surface area contributed by atoms with E-state index in [2.05, 4.69) is 10.6 Å². The molecule has 0 aromatic carbocycles. The van der Waals surface area contributed by atoms with E-state index in [4.69, 9.17) is 9.47 Å². The van der Waals surface area contributed by atoms with Gasteiger partial charge in [-0.1, -0.05) is 0 Å². The minimum absolute atomic E-state index is 0.125. The monoisotopic (exact) mass is 328 g/mol. The molecule has 0 aliphatic heterocycles. The van der Waals surface area contributed by atoms with E-state index in [9.17, 15) is 9.59 Å². The minimum Gasteiger partial charge on any atom is -0.466 e. The van der Waals surface area contributed by atoms with Gasteiger partial charge in [-0.2, -0.15) is 0 Å². The first-order chi connectivity index (χ1) is 10.8. The zero-order valence-corrected chi connectivity index (χ0v) is 14.9. The second-order valence-electron chi connectivity index (χ2n) is 7.06. The van der Waals surface area contributed by atoms with Crippen LogP contribution in [0.2, 0.25) is 0 Å². The Labute approximate surface area is 139 Å². The highest BCUT2D eigenvalue weighted by Crippen LogP contribution is 2.19. The first-order valence-electron chi connectivity index (χ1n) is 8.68. The van der Waals surface area contributed by atoms with Crippen molar-refractivity contribution in [3.8, 4) is 0 Å². The Hall–Kier alpha value is -1.30. The fourth-order valence-electron chi connectivity index (χ4n) is 2.69. The molecule has 2 N–H and O–H groups in total. The molecule has 0 aromatic heterocycles. The summed E-state index contributed by atoms with van der Waals surface area (Å²) in [5.74, 6) is -0.125. The molecule has 0 heterocycles. The Kier molecular flexibility index (Phi) is 8.37. The van der Waals surface area contributed by atoms with Gasteiger partial charge in [-0.15, -0.1) is 0 Å². The van der Waals surface area contributed by atoms with Gasteiger partial charge in [0.2, 0.25) is 0 Å². The summed E-state index contributed by atoms with van der Waals surface area (Å²) in [5.41, 5.74) is -0.457. The van der Waals surface area contributed by atoms with Gasteiger partial charge in [-0.25, -0.2) is 4.79 Å². The molecule has 1 rings (SSSR count). The largest absolute Gasteiger partial charge is 0.466 e. The fraction of sp³-hybridized carbons (Fsp3) is 0.882. The Morgan fingerprint density at radius 1 is 1.09 bits per heavy atom. The van der Waals surface area contributed by atoms with Crippen molar-refractivity contribution >= 4 is 12.1 Å². The van der Waals surface area contributed by atoms with Crippen LogP contribution < -0.4 is 10.6 Å². The maximum Gasteiger partial charge on any atom is 0.407 e. The van der Waals surface area contributed by atoms with Crippen LogP contribution in [0.3, 0.4) is 0 Å². The molecule has 0 spiro atoms. The van der Waals surface area contributed by atoms with Crippen molar-refractivity contribution in [2.75, 3.05) is 13.2 Å². The molecule has 0 atom stereocenters. The Balaban J connectivity index is 2.11. The van der Waals surface area contributed by atoms with Gasteiger partial charge in [0.15, 0.2) is 0 Å². The summed E-state index contributed by atoms with van der Waals surface area (Å²) < 4.78 is 10.2. The summed E-state index contributed by atoms with van der Waals surface area (Å²) in [5, 5.41) is 6.42. The van der Waals surface area contributed by atoms with Crippen LogP contribution in [0.5, 0.6) is 0 Å². The lowest BCUT2D eigenvalue weighted by molar-refractivity contribution is -0.143. The van der Waals surface area contributed by atoms with E-state index in [0.29, 0.717) is 19.1 Å². The van der Waals surface area contributed by atoms with E-state index >= 15 is 0 Å². The van der Waals surface area contributed by atoms with Crippen molar-refractivity contribution in [3.05, 3.63) is 0 Å². The first-order valence-corrected chi connectivity index (χ1v) is 8.68. The van der Waals surface area contributed by atoms with Crippen LogP contribution in [-0.4, -0.2) is 42.9 Å². The van der Waals surface area contributed by atoms with Gasteiger partial charge in [0.1, 0.15) is 5.60 Å². The molecule has 1 amide bonds. The zero-order chi connectivity index (χ0) is 17.3. The molecule has 1 aliphatic carbocycles. The highest BCUT2D eigenvalue weighted by molar-refractivity contribution is 5.69. The molecule has 1 fully saturated rings. The Morgan fingerprint density at radius 3 is 2.26 bits per heavy atom. The second kappa shape index (κ2) is 9.75. The number of nitrogens with one attached hydrogen (secondary N) is 2. The molecular formula is C17H32N2O4. The number of esters is 1. The van der Waals surface area contributed by atoms with Crippen LogP contribution in [-0.2, 0) is 14.3 Å². The van der Waals surface area contributed by atoms with Gasteiger partial charge in [0, 0.05) is 18.5 Å². The third-order valence-electron chi connectivity index (χ3n) is 3.74. The van der Waals surface area contributed by atoms with Crippen LogP contribution in [0.1, 0.15) is 66.2 Å². The van der Waals surface area contributed by atoms with E-state index in [0.717, 1.165) is 38.6 Å². The van der Waals surface area contributed by atoms with Crippen LogP contribution in [0.4, 0.5) is 4.79 Å². The molecule has 1 aliphatic rings. The van der Waals surface area contributed by atoms with Crippen molar-refractivity contribution in [3.63, 3.8) is 0 Å². The average Bonchev–Trinajstić information content (AvgIpc) is 2.43. The van der Waals surface area contributed by atoms with Crippen molar-refractivity contribution < 1.29 is 19.1 Å². The minimum atomic E-state index is -0.457. The molecule has 0 bridgehead atoms. The Morgan fingerprint density at radius 2 is 1.70 bits per heavy atom. The predicted octanol–water partition coefficient (Wildman–Crippen LogP) is 2.76. The normalized spacial score (nSPS) is 21.6. The number of carbonyl (C=O) groups is 2. The molecule has 23 heavy (non-hydrogen) atoms. The van der Waals surface area contributed by atoms with Crippen molar-refractivity contribution in [1.82, 2.24) is 10.6 Å². The summed E-state index contributed by atoms with van der Waals surface area (Å²) in [6.45, 7) is 8.69. The topological polar surface area (TPSA) is 76.7 Å². The molecule has 0 radical (unpaired) electrons. The number of carbonyl (C=O) groups excluding carboxylic acids is 2. The molecule has 1 saturated carbocycles. The molecular weight excluding hydrogens is 296 g/mol. The van der Waals surface area contributed by atoms with Gasteiger partial charge in [-0.05, 0) is 66.3 Å². The maximum atomic E-state index is 11.7. The van der Waals surface area contributed by atoms with Crippen molar-refractivity contribution in [1.29, 1.82) is 0 Å². The summed E-state index contributed by atoms with van der Waals surface area (Å²) in [4.78, 5) is 23.0. The Bertz CT molecular complexity index is 371. The second-order valence-corrected chi connectivity index (χ2v) is 7.06. The lowest BCUT2D eigenvalue weighted by Crippen LogP contribution is -2.44. The van der Waals surface area contributed by atoms with Crippen molar-refractivity contribution in [2.24, 2.45) is 0 Å². The van der Waals surface area contributed by atoms with E-state index in [1.165, 1.54) is 0 Å². The molecule has 0 aromatic rings. The SMILES string of the molecule is CCOC(=O)CCCNC1CCC(NC(=O)OC(C)(C)C)CC1. The standard InChI is InChI=1S/C17H32N2O4/c1-5-22-15(20)7-6-12-18-13-8-10-14(11-9-13)19-16(21)23-17(2,3)4/h13-14,18H,5-12H2,1-4H3,(H,19,21). The summed E-state index contributed by atoms with van der Waals surface area (Å²) in [7, 11) is 0. The molecule has 0 unspecified atom stereocenters. The first kappa shape index (κ1) is 19.7. The smallest absolute Gasteiger partial charge is 0.407 e. The van der Waals surface area contributed by atoms with E-state index in [-0.39, 0.29) is 18.1 Å². The van der Waals surface area contributed by atoms with Gasteiger partial charge in [0.25, 0.3) is 0 Å². The average molecular weight is 328 g/mol. The lowest BCUT2D eigenvalue weighted by Gasteiger charge is -2.30. The molecule has 134 valence electrons. The van der Waals surface area contributed by atoms with Gasteiger partial charge in [0.05, 0.1) is 6.61 Å². The third kappa shape index (κ3) is 9.43. The highest BCUT2D eigenvalue weighted by atomic mass is 16.6. The van der Waals surface area contributed by atoms with E-state index < -0.39 is 5.60 Å². The summed E-state index contributed by atoms with van der Waals surface area (Å²) >= 11 is 0. The quantitative estimate of drug-likeness (QED) is 0.555. The highest BCUT2D eigenvalue weighted by Gasteiger charge is 2.24. The van der Waals surface area contributed by atoms with Crippen LogP contribution in [0, 0.1) is 0 Å². The van der Waals surface area contributed by atoms with Gasteiger partial charge < -0.3 is 20.1 Å². The molecule has 6 heteroatoms. The van der Waals surface area contributed by atoms with Crippen molar-refractivity contribution in [2.45, 2.75) is 83.9 Å². The third-order valence-corrected chi connectivity index (χ3v) is 3.74. The van der Waals surface area contributed by atoms with Crippen LogP contribution in [0.25, 0.3) is 0 Å². The van der Waals surface area contributed by atoms with Gasteiger partial charge >= 0.3 is 12.1 Å². The summed E-state index contributed by atoms with van der Waals surface area (Å²) in [6.07, 6.45) is 4.90. The van der Waals surface area contributed by atoms with Crippen LogP contribution in [0.15, 0.2) is 0 Å². The number of alkyl carbamates (subject to hydrolysis) is 1. The summed E-state index contributed by atoms with van der Waals surface area (Å²) in [6, 6.07) is 0.663. The van der Waals surface area contributed by atoms with Gasteiger partial charge in [-0.3, -0.25) is 4.79 Å². The lowest BCUT2D eigenvalue weighted by atomic mass is 9.91. The number of ether oxygens (including phenoxy) is 2. The number of hydrogen-bond donors (Lipinski definition) is 2. The predicted molar refractivity (Wildman–Crippen MR) is 89.3 cm³/mol. The fourth-order valence-corrected chi connectivity index (χ4v) is 2.69. The molecule has 0 saturated heterocycles. The number of rotatable bonds is 7. The number of hydrogen-bond acceptors (Lipinski definition) is 5. The van der Waals surface area contributed by atoms with E-state index in [1.54, 1.807) is 0 Å². The number of amides is 1. The van der Waals surface area contributed by atoms with Crippen LogP contribution >= 0.6 is 0 Å². The maximum absolute atomic E-state index is 11.7. The zero-order valence-electron chi connectivity index (χ0n) is 14.9. The van der Waals surface area contributed by atoms with E-state index in [1.807, 2.05) is 27.7 Å².